The van der Waals surface area contributed by atoms with Gasteiger partial charge in [-0.2, -0.15) is 31.4 Å². The van der Waals surface area contributed by atoms with Gasteiger partial charge < -0.3 is 5.11 Å². The zero-order valence-electron chi connectivity index (χ0n) is 15.2. The third-order valence-corrected chi connectivity index (χ3v) is 4.94. The lowest BCUT2D eigenvalue weighted by atomic mass is 9.89. The quantitative estimate of drug-likeness (QED) is 0.642. The lowest BCUT2D eigenvalue weighted by Gasteiger charge is -2.31. The van der Waals surface area contributed by atoms with Gasteiger partial charge in [-0.3, -0.25) is 19.0 Å². The smallest absolute Gasteiger partial charge is 0.371 e. The lowest BCUT2D eigenvalue weighted by molar-refractivity contribution is -0.250. The Labute approximate surface area is 163 Å². The van der Waals surface area contributed by atoms with Crippen LogP contribution in [0.4, 0.5) is 26.3 Å². The van der Waals surface area contributed by atoms with Gasteiger partial charge in [-0.1, -0.05) is 6.07 Å². The lowest BCUT2D eigenvalue weighted by Crippen LogP contribution is -2.45. The van der Waals surface area contributed by atoms with E-state index in [0.29, 0.717) is 23.0 Å². The molecule has 3 heterocycles. The molecule has 1 N–H and O–H groups in total. The van der Waals surface area contributed by atoms with E-state index in [4.69, 9.17) is 0 Å². The van der Waals surface area contributed by atoms with E-state index in [1.807, 2.05) is 0 Å². The van der Waals surface area contributed by atoms with Crippen LogP contribution in [0.15, 0.2) is 29.5 Å². The molecule has 0 unspecified atom stereocenters. The van der Waals surface area contributed by atoms with E-state index in [1.165, 1.54) is 4.57 Å². The minimum atomic E-state index is -5.39. The molecule has 3 aromatic heterocycles. The van der Waals surface area contributed by atoms with Crippen LogP contribution in [0.5, 0.6) is 0 Å². The van der Waals surface area contributed by atoms with E-state index >= 15 is 0 Å². The first-order chi connectivity index (χ1) is 13.9. The second-order valence-electron chi connectivity index (χ2n) is 7.00. The topological polar surface area (TPSA) is 85.8 Å². The summed E-state index contributed by atoms with van der Waals surface area (Å²) in [7, 11) is 1.08. The Morgan fingerprint density at radius 1 is 1.07 bits per heavy atom. The summed E-state index contributed by atoms with van der Waals surface area (Å²) in [6.07, 6.45) is -7.45. The largest absolute Gasteiger partial charge is 0.433 e. The zero-order valence-corrected chi connectivity index (χ0v) is 15.2. The number of pyridine rings is 1. The van der Waals surface area contributed by atoms with Gasteiger partial charge >= 0.3 is 12.4 Å². The number of hydrogen-bond donors (Lipinski definition) is 1. The molecule has 0 aromatic carbocycles. The van der Waals surface area contributed by atoms with E-state index in [1.54, 1.807) is 0 Å². The summed E-state index contributed by atoms with van der Waals surface area (Å²) in [5.41, 5.74) is -8.65. The van der Waals surface area contributed by atoms with Gasteiger partial charge in [-0.15, -0.1) is 0 Å². The van der Waals surface area contributed by atoms with Crippen LogP contribution in [0, 0.1) is 0 Å². The van der Waals surface area contributed by atoms with Gasteiger partial charge in [-0.25, -0.2) is 4.98 Å². The number of halogens is 6. The summed E-state index contributed by atoms with van der Waals surface area (Å²) in [6.45, 7) is 0. The van der Waals surface area contributed by atoms with Crippen LogP contribution in [0.1, 0.15) is 35.8 Å². The first-order valence-electron chi connectivity index (χ1n) is 8.63. The molecule has 0 saturated heterocycles. The molecule has 0 spiro atoms. The SMILES string of the molecule is Cn1nc2c(=O)n(C3CC3)cnc2c1[C@](O)(c1ccc(C(F)(F)F)nc1)C(F)(F)F. The molecule has 30 heavy (non-hydrogen) atoms. The van der Waals surface area contributed by atoms with Crippen molar-refractivity contribution in [2.24, 2.45) is 7.05 Å². The Balaban J connectivity index is 1.96. The van der Waals surface area contributed by atoms with Gasteiger partial charge in [0.25, 0.3) is 5.56 Å². The molecule has 0 aliphatic heterocycles. The monoisotopic (exact) mass is 433 g/mol. The third-order valence-electron chi connectivity index (χ3n) is 4.94. The molecular weight excluding hydrogens is 420 g/mol. The molecule has 1 fully saturated rings. The minimum Gasteiger partial charge on any atom is -0.371 e. The van der Waals surface area contributed by atoms with Crippen molar-refractivity contribution in [2.75, 3.05) is 0 Å². The molecule has 0 radical (unpaired) electrons. The number of aliphatic hydroxyl groups is 1. The standard InChI is InChI=1S/C17H13F6N5O2/c1-27-13(11-12(26-27)14(29)28(7-25-11)9-3-4-9)15(30,17(21,22)23)8-2-5-10(24-6-8)16(18,19)20/h2,5-7,9,30H,3-4H2,1H3/t15-/m1/s1. The summed E-state index contributed by atoms with van der Waals surface area (Å²) in [4.78, 5) is 19.5. The summed E-state index contributed by atoms with van der Waals surface area (Å²) in [5, 5.41) is 14.6. The summed E-state index contributed by atoms with van der Waals surface area (Å²) < 4.78 is 82.3. The van der Waals surface area contributed by atoms with Crippen LogP contribution < -0.4 is 5.56 Å². The number of alkyl halides is 6. The van der Waals surface area contributed by atoms with E-state index in [9.17, 15) is 36.2 Å². The second kappa shape index (κ2) is 6.27. The van der Waals surface area contributed by atoms with Crippen molar-refractivity contribution >= 4 is 11.0 Å². The fraction of sp³-hybridized carbons (Fsp3) is 0.412. The highest BCUT2D eigenvalue weighted by atomic mass is 19.4. The Hall–Kier alpha value is -2.96. The molecule has 3 aromatic rings. The van der Waals surface area contributed by atoms with Crippen molar-refractivity contribution < 1.29 is 31.4 Å². The Morgan fingerprint density at radius 3 is 2.23 bits per heavy atom. The van der Waals surface area contributed by atoms with E-state index in [2.05, 4.69) is 15.1 Å². The first kappa shape index (κ1) is 20.3. The van der Waals surface area contributed by atoms with Crippen LogP contribution in [0.2, 0.25) is 0 Å². The van der Waals surface area contributed by atoms with E-state index in [0.717, 1.165) is 26.2 Å². The Bertz CT molecular complexity index is 1180. The molecule has 1 atom stereocenters. The molecule has 4 rings (SSSR count). The normalized spacial score (nSPS) is 17.3. The number of rotatable bonds is 3. The zero-order chi connectivity index (χ0) is 22.1. The predicted octanol–water partition coefficient (Wildman–Crippen LogP) is 2.68. The maximum atomic E-state index is 14.1. The number of fused-ring (bicyclic) bond motifs is 1. The third kappa shape index (κ3) is 2.95. The van der Waals surface area contributed by atoms with Crippen LogP contribution in [0.3, 0.4) is 0 Å². The molecular formula is C17H13F6N5O2. The van der Waals surface area contributed by atoms with Gasteiger partial charge in [-0.05, 0) is 18.9 Å². The van der Waals surface area contributed by atoms with Crippen molar-refractivity contribution in [1.82, 2.24) is 24.3 Å². The van der Waals surface area contributed by atoms with Crippen LogP contribution >= 0.6 is 0 Å². The molecule has 1 saturated carbocycles. The van der Waals surface area contributed by atoms with Gasteiger partial charge in [0, 0.05) is 24.8 Å². The fourth-order valence-electron chi connectivity index (χ4n) is 3.30. The van der Waals surface area contributed by atoms with E-state index in [-0.39, 0.29) is 11.6 Å². The van der Waals surface area contributed by atoms with Gasteiger partial charge in [0.2, 0.25) is 5.60 Å². The molecule has 0 bridgehead atoms. The van der Waals surface area contributed by atoms with Crippen LogP contribution in [-0.2, 0) is 18.8 Å². The highest BCUT2D eigenvalue weighted by molar-refractivity contribution is 5.78. The minimum absolute atomic E-state index is 0.111. The average Bonchev–Trinajstić information content (AvgIpc) is 3.42. The molecule has 1 aliphatic carbocycles. The van der Waals surface area contributed by atoms with Gasteiger partial charge in [0.1, 0.15) is 16.9 Å². The number of aromatic nitrogens is 5. The van der Waals surface area contributed by atoms with E-state index < -0.39 is 46.0 Å². The highest BCUT2D eigenvalue weighted by Gasteiger charge is 2.59. The maximum Gasteiger partial charge on any atom is 0.433 e. The molecule has 13 heteroatoms. The predicted molar refractivity (Wildman–Crippen MR) is 89.3 cm³/mol. The number of aryl methyl sites for hydroxylation is 1. The first-order valence-corrected chi connectivity index (χ1v) is 8.63. The van der Waals surface area contributed by atoms with Crippen molar-refractivity contribution in [3.63, 3.8) is 0 Å². The number of hydrogen-bond acceptors (Lipinski definition) is 5. The van der Waals surface area contributed by atoms with Gasteiger partial charge in [0.15, 0.2) is 5.52 Å². The average molecular weight is 433 g/mol. The Kier molecular flexibility index (Phi) is 4.24. The van der Waals surface area contributed by atoms with Crippen molar-refractivity contribution in [2.45, 2.75) is 36.8 Å². The fourth-order valence-corrected chi connectivity index (χ4v) is 3.30. The molecule has 1 aliphatic rings. The van der Waals surface area contributed by atoms with Crippen molar-refractivity contribution in [3.05, 3.63) is 52.0 Å². The second-order valence-corrected chi connectivity index (χ2v) is 7.00. The number of nitrogens with zero attached hydrogens (tertiary/aromatic N) is 5. The summed E-state index contributed by atoms with van der Waals surface area (Å²) in [6, 6.07) is 0.701. The van der Waals surface area contributed by atoms with Crippen LogP contribution in [0.25, 0.3) is 11.0 Å². The summed E-state index contributed by atoms with van der Waals surface area (Å²) in [5.74, 6) is 0. The Morgan fingerprint density at radius 2 is 1.73 bits per heavy atom. The van der Waals surface area contributed by atoms with Crippen molar-refractivity contribution in [1.29, 1.82) is 0 Å². The molecule has 0 amide bonds. The molecule has 7 nitrogen and oxygen atoms in total. The van der Waals surface area contributed by atoms with Gasteiger partial charge in [0.05, 0.1) is 6.33 Å². The molecule has 160 valence electrons. The summed E-state index contributed by atoms with van der Waals surface area (Å²) >= 11 is 0. The maximum absolute atomic E-state index is 14.1. The van der Waals surface area contributed by atoms with Crippen LogP contribution in [-0.4, -0.2) is 35.6 Å². The highest BCUT2D eigenvalue weighted by Crippen LogP contribution is 2.46. The van der Waals surface area contributed by atoms with Crippen molar-refractivity contribution in [3.8, 4) is 0 Å².